The fraction of sp³-hybridized carbons (Fsp3) is 0.265. The summed E-state index contributed by atoms with van der Waals surface area (Å²) in [6, 6.07) is 18.8. The number of nitrogens with two attached hydrogens (primary N) is 1. The molecule has 1 fully saturated rings. The summed E-state index contributed by atoms with van der Waals surface area (Å²) in [6.07, 6.45) is 2.97. The van der Waals surface area contributed by atoms with Gasteiger partial charge in [-0.15, -0.1) is 0 Å². The summed E-state index contributed by atoms with van der Waals surface area (Å²) in [7, 11) is 1.59. The molecule has 2 amide bonds. The molecule has 1 aliphatic rings. The van der Waals surface area contributed by atoms with Crippen molar-refractivity contribution in [2.24, 2.45) is 5.73 Å². The molecule has 2 atom stereocenters. The number of hydrogen-bond donors (Lipinski definition) is 4. The Hall–Kier alpha value is -4.55. The SMILES string of the molecule is COc1nc(-c2cccc(-c3cccc(-c4ccc5nc(C(=O)NC[C@@H](C)N)cn5n4)c3Cl)c2Cl)ccc1CNC[C@H]1CCC(=O)N1. The van der Waals surface area contributed by atoms with Gasteiger partial charge in [0.2, 0.25) is 11.8 Å². The zero-order valence-electron chi connectivity index (χ0n) is 25.9. The molecule has 0 aliphatic carbocycles. The Morgan fingerprint density at radius 3 is 2.36 bits per heavy atom. The smallest absolute Gasteiger partial charge is 0.271 e. The standard InChI is InChI=1S/C34H34Cl2N8O3/c1-19(37)15-39-33(46)28-18-44-29(41-28)13-12-27(43-44)25-8-4-6-23(32(25)36)22-5-3-7-24(31(22)35)26-11-9-20(34(42-26)47-2)16-38-17-21-10-14-30(45)40-21/h3-9,11-13,18-19,21,38H,10,14-17,37H2,1-2H3,(H,39,46)(H,40,45)/t19-,21-/m1/s1. The second-order valence-electron chi connectivity index (χ2n) is 11.5. The van der Waals surface area contributed by atoms with Crippen LogP contribution in [0, 0.1) is 0 Å². The predicted octanol–water partition coefficient (Wildman–Crippen LogP) is 4.89. The summed E-state index contributed by atoms with van der Waals surface area (Å²) in [4.78, 5) is 33.1. The van der Waals surface area contributed by atoms with Crippen molar-refractivity contribution in [3.8, 4) is 39.5 Å². The average Bonchev–Trinajstić information content (AvgIpc) is 3.69. The highest BCUT2D eigenvalue weighted by Crippen LogP contribution is 2.42. The van der Waals surface area contributed by atoms with E-state index in [0.717, 1.165) is 28.7 Å². The van der Waals surface area contributed by atoms with Crippen LogP contribution in [-0.2, 0) is 11.3 Å². The van der Waals surface area contributed by atoms with Gasteiger partial charge in [-0.1, -0.05) is 65.7 Å². The van der Waals surface area contributed by atoms with Gasteiger partial charge in [0.1, 0.15) is 5.69 Å². The van der Waals surface area contributed by atoms with E-state index in [1.807, 2.05) is 61.5 Å². The lowest BCUT2D eigenvalue weighted by Crippen LogP contribution is -2.35. The number of carbonyl (C=O) groups is 2. The van der Waals surface area contributed by atoms with Gasteiger partial charge >= 0.3 is 0 Å². The fourth-order valence-electron chi connectivity index (χ4n) is 5.50. The summed E-state index contributed by atoms with van der Waals surface area (Å²) in [5.74, 6) is 0.260. The minimum atomic E-state index is -0.321. The minimum Gasteiger partial charge on any atom is -0.481 e. The van der Waals surface area contributed by atoms with Gasteiger partial charge in [-0.2, -0.15) is 5.10 Å². The van der Waals surface area contributed by atoms with Crippen LogP contribution in [0.2, 0.25) is 10.0 Å². The monoisotopic (exact) mass is 672 g/mol. The first-order chi connectivity index (χ1) is 22.7. The Morgan fingerprint density at radius 1 is 1.02 bits per heavy atom. The van der Waals surface area contributed by atoms with E-state index in [9.17, 15) is 9.59 Å². The number of amides is 2. The number of nitrogens with zero attached hydrogens (tertiary/aromatic N) is 4. The molecule has 47 heavy (non-hydrogen) atoms. The third kappa shape index (κ3) is 7.08. The number of methoxy groups -OCH3 is 1. The number of rotatable bonds is 11. The lowest BCUT2D eigenvalue weighted by molar-refractivity contribution is -0.119. The number of imidazole rings is 1. The van der Waals surface area contributed by atoms with Gasteiger partial charge in [0.05, 0.1) is 34.7 Å². The van der Waals surface area contributed by atoms with Gasteiger partial charge in [0.25, 0.3) is 5.91 Å². The van der Waals surface area contributed by atoms with Crippen LogP contribution in [0.4, 0.5) is 0 Å². The van der Waals surface area contributed by atoms with E-state index in [0.29, 0.717) is 64.6 Å². The Balaban J connectivity index is 1.25. The van der Waals surface area contributed by atoms with Crippen LogP contribution in [0.15, 0.2) is 66.9 Å². The van der Waals surface area contributed by atoms with Crippen LogP contribution in [0.3, 0.4) is 0 Å². The van der Waals surface area contributed by atoms with Crippen molar-refractivity contribution in [3.05, 3.63) is 88.2 Å². The number of benzene rings is 2. The summed E-state index contributed by atoms with van der Waals surface area (Å²) in [6.45, 7) is 3.36. The molecule has 3 aromatic heterocycles. The highest BCUT2D eigenvalue weighted by molar-refractivity contribution is 6.39. The lowest BCUT2D eigenvalue weighted by atomic mass is 9.98. The number of halogens is 2. The first kappa shape index (κ1) is 32.4. The molecular formula is C34H34Cl2N8O3. The molecule has 0 unspecified atom stereocenters. The Bertz CT molecular complexity index is 1960. The van der Waals surface area contributed by atoms with E-state index >= 15 is 0 Å². The summed E-state index contributed by atoms with van der Waals surface area (Å²) >= 11 is 14.1. The number of pyridine rings is 1. The maximum absolute atomic E-state index is 12.5. The highest BCUT2D eigenvalue weighted by atomic mass is 35.5. The quantitative estimate of drug-likeness (QED) is 0.155. The Kier molecular flexibility index (Phi) is 9.69. The second kappa shape index (κ2) is 14.1. The van der Waals surface area contributed by atoms with Gasteiger partial charge in [-0.25, -0.2) is 14.5 Å². The first-order valence-corrected chi connectivity index (χ1v) is 16.0. The van der Waals surface area contributed by atoms with Crippen LogP contribution in [0.5, 0.6) is 5.88 Å². The number of nitrogens with one attached hydrogen (secondary N) is 3. The van der Waals surface area contributed by atoms with Crippen LogP contribution in [0.25, 0.3) is 39.3 Å². The van der Waals surface area contributed by atoms with E-state index in [1.165, 1.54) is 0 Å². The third-order valence-electron chi connectivity index (χ3n) is 7.90. The molecule has 5 aromatic rings. The molecule has 2 aromatic carbocycles. The van der Waals surface area contributed by atoms with E-state index in [4.69, 9.17) is 38.7 Å². The summed E-state index contributed by atoms with van der Waals surface area (Å²) < 4.78 is 7.18. The zero-order valence-corrected chi connectivity index (χ0v) is 27.4. The predicted molar refractivity (Wildman–Crippen MR) is 183 cm³/mol. The molecule has 13 heteroatoms. The van der Waals surface area contributed by atoms with Crippen LogP contribution >= 0.6 is 23.2 Å². The molecule has 242 valence electrons. The largest absolute Gasteiger partial charge is 0.481 e. The van der Waals surface area contributed by atoms with Crippen molar-refractivity contribution in [2.75, 3.05) is 20.2 Å². The van der Waals surface area contributed by atoms with E-state index in [1.54, 1.807) is 23.9 Å². The van der Waals surface area contributed by atoms with Crippen LogP contribution in [-0.4, -0.2) is 63.7 Å². The Morgan fingerprint density at radius 2 is 1.70 bits per heavy atom. The number of aromatic nitrogens is 4. The zero-order chi connectivity index (χ0) is 33.1. The van der Waals surface area contributed by atoms with E-state index in [2.05, 4.69) is 26.0 Å². The first-order valence-electron chi connectivity index (χ1n) is 15.2. The molecule has 6 rings (SSSR count). The summed E-state index contributed by atoms with van der Waals surface area (Å²) in [5.41, 5.74) is 11.5. The number of fused-ring (bicyclic) bond motifs is 1. The van der Waals surface area contributed by atoms with Gasteiger partial charge in [0.15, 0.2) is 5.65 Å². The van der Waals surface area contributed by atoms with Crippen molar-refractivity contribution in [1.29, 1.82) is 0 Å². The maximum atomic E-state index is 12.5. The molecular weight excluding hydrogens is 639 g/mol. The molecule has 0 radical (unpaired) electrons. The van der Waals surface area contributed by atoms with Crippen molar-refractivity contribution < 1.29 is 14.3 Å². The number of carbonyl (C=O) groups excluding carboxylic acids is 2. The van der Waals surface area contributed by atoms with E-state index in [-0.39, 0.29) is 29.6 Å². The molecule has 0 saturated carbocycles. The van der Waals surface area contributed by atoms with Crippen LogP contribution < -0.4 is 26.4 Å². The van der Waals surface area contributed by atoms with Gasteiger partial charge in [0, 0.05) is 66.0 Å². The highest BCUT2D eigenvalue weighted by Gasteiger charge is 2.21. The molecule has 1 saturated heterocycles. The van der Waals surface area contributed by atoms with Crippen molar-refractivity contribution >= 4 is 40.7 Å². The molecule has 5 N–H and O–H groups in total. The second-order valence-corrected chi connectivity index (χ2v) is 12.2. The normalized spacial score (nSPS) is 15.1. The van der Waals surface area contributed by atoms with E-state index < -0.39 is 0 Å². The van der Waals surface area contributed by atoms with Crippen molar-refractivity contribution in [2.45, 2.75) is 38.4 Å². The van der Waals surface area contributed by atoms with Crippen molar-refractivity contribution in [3.63, 3.8) is 0 Å². The molecule has 0 spiro atoms. The fourth-order valence-corrected chi connectivity index (χ4v) is 6.15. The average molecular weight is 674 g/mol. The Labute approximate surface area is 281 Å². The lowest BCUT2D eigenvalue weighted by Gasteiger charge is -2.15. The molecule has 4 heterocycles. The minimum absolute atomic E-state index is 0.0926. The van der Waals surface area contributed by atoms with Gasteiger partial charge < -0.3 is 26.4 Å². The summed E-state index contributed by atoms with van der Waals surface area (Å²) in [5, 5.41) is 14.8. The van der Waals surface area contributed by atoms with Gasteiger partial charge in [-0.3, -0.25) is 9.59 Å². The topological polar surface area (TPSA) is 149 Å². The number of hydrogen-bond acceptors (Lipinski definition) is 8. The maximum Gasteiger partial charge on any atom is 0.271 e. The molecule has 0 bridgehead atoms. The third-order valence-corrected chi connectivity index (χ3v) is 8.71. The molecule has 1 aliphatic heterocycles. The number of ether oxygens (including phenoxy) is 1. The molecule has 11 nitrogen and oxygen atoms in total. The van der Waals surface area contributed by atoms with Crippen molar-refractivity contribution in [1.82, 2.24) is 35.5 Å². The van der Waals surface area contributed by atoms with Crippen LogP contribution in [0.1, 0.15) is 35.8 Å². The van der Waals surface area contributed by atoms with Gasteiger partial charge in [-0.05, 0) is 31.5 Å².